The smallest absolute Gasteiger partial charge is 0.257 e. The van der Waals surface area contributed by atoms with E-state index in [1.165, 1.54) is 0 Å². The summed E-state index contributed by atoms with van der Waals surface area (Å²) in [7, 11) is -4.38. The van der Waals surface area contributed by atoms with Crippen molar-refractivity contribution in [1.82, 2.24) is 5.32 Å². The Kier molecular flexibility index (Phi) is 4.43. The Morgan fingerprint density at radius 1 is 1.38 bits per heavy atom. The summed E-state index contributed by atoms with van der Waals surface area (Å²) in [6.07, 6.45) is 2.09. The third-order valence-corrected chi connectivity index (χ3v) is 3.83. The first-order chi connectivity index (χ1) is 9.77. The van der Waals surface area contributed by atoms with Gasteiger partial charge in [0.1, 0.15) is 10.7 Å². The van der Waals surface area contributed by atoms with Crippen LogP contribution in [-0.4, -0.2) is 27.5 Å². The van der Waals surface area contributed by atoms with Crippen molar-refractivity contribution in [1.29, 1.82) is 0 Å². The van der Waals surface area contributed by atoms with Gasteiger partial charge in [-0.2, -0.15) is 0 Å². The quantitative estimate of drug-likeness (QED) is 0.798. The normalized spacial score (nSPS) is 14.8. The van der Waals surface area contributed by atoms with Crippen LogP contribution in [0.1, 0.15) is 12.8 Å². The number of nitrogens with two attached hydrogens (primary N) is 1. The Labute approximate surface area is 120 Å². The number of primary sulfonamides is 1. The molecule has 1 aromatic carbocycles. The van der Waals surface area contributed by atoms with Gasteiger partial charge < -0.3 is 10.1 Å². The zero-order valence-electron chi connectivity index (χ0n) is 10.9. The molecule has 6 nitrogen and oxygen atoms in total. The standard InChI is InChI=1S/C12H14F2N2O4S/c13-8-3-9(14)12(10(4-8)21(15,18)19)20-6-11(17)16-5-7-1-2-7/h3-4,7H,1-2,5-6H2,(H,16,17)(H2,15,18,19). The first-order valence-corrected chi connectivity index (χ1v) is 7.73. The number of halogens is 2. The molecule has 9 heteroatoms. The average molecular weight is 320 g/mol. The number of carbonyl (C=O) groups is 1. The molecule has 3 N–H and O–H groups in total. The van der Waals surface area contributed by atoms with Crippen LogP contribution in [0.3, 0.4) is 0 Å². The number of hydrogen-bond acceptors (Lipinski definition) is 4. The SMILES string of the molecule is NS(=O)(=O)c1cc(F)cc(F)c1OCC(=O)NCC1CC1. The number of benzene rings is 1. The minimum absolute atomic E-state index is 0.451. The summed E-state index contributed by atoms with van der Waals surface area (Å²) in [5, 5.41) is 7.43. The number of sulfonamides is 1. The van der Waals surface area contributed by atoms with Crippen LogP contribution in [-0.2, 0) is 14.8 Å². The van der Waals surface area contributed by atoms with Crippen LogP contribution in [0.4, 0.5) is 8.78 Å². The molecular formula is C12H14F2N2O4S. The van der Waals surface area contributed by atoms with Crippen LogP contribution >= 0.6 is 0 Å². The van der Waals surface area contributed by atoms with E-state index in [2.05, 4.69) is 5.32 Å². The van der Waals surface area contributed by atoms with E-state index in [1.54, 1.807) is 0 Å². The second-order valence-corrected chi connectivity index (χ2v) is 6.33. The lowest BCUT2D eigenvalue weighted by Gasteiger charge is -2.11. The van der Waals surface area contributed by atoms with Gasteiger partial charge in [0.05, 0.1) is 0 Å². The van der Waals surface area contributed by atoms with Crippen LogP contribution in [0.5, 0.6) is 5.75 Å². The van der Waals surface area contributed by atoms with Crippen LogP contribution < -0.4 is 15.2 Å². The number of carbonyl (C=O) groups excluding carboxylic acids is 1. The molecule has 0 aromatic heterocycles. The van der Waals surface area contributed by atoms with Gasteiger partial charge in [0.15, 0.2) is 18.2 Å². The molecule has 0 aliphatic heterocycles. The van der Waals surface area contributed by atoms with Crippen LogP contribution in [0.15, 0.2) is 17.0 Å². The molecule has 21 heavy (non-hydrogen) atoms. The fraction of sp³-hybridized carbons (Fsp3) is 0.417. The highest BCUT2D eigenvalue weighted by Gasteiger charge is 2.23. The zero-order valence-corrected chi connectivity index (χ0v) is 11.8. The van der Waals surface area contributed by atoms with Crippen molar-refractivity contribution in [3.63, 3.8) is 0 Å². The number of nitrogens with one attached hydrogen (secondary N) is 1. The average Bonchev–Trinajstić information content (AvgIpc) is 3.17. The maximum atomic E-state index is 13.6. The van der Waals surface area contributed by atoms with Gasteiger partial charge >= 0.3 is 0 Å². The maximum absolute atomic E-state index is 13.6. The molecule has 0 atom stereocenters. The minimum atomic E-state index is -4.38. The molecule has 116 valence electrons. The van der Waals surface area contributed by atoms with Gasteiger partial charge in [0, 0.05) is 12.6 Å². The van der Waals surface area contributed by atoms with E-state index in [-0.39, 0.29) is 0 Å². The largest absolute Gasteiger partial charge is 0.479 e. The van der Waals surface area contributed by atoms with Crippen LogP contribution in [0.25, 0.3) is 0 Å². The molecule has 1 amide bonds. The van der Waals surface area contributed by atoms with E-state index in [0.29, 0.717) is 24.6 Å². The lowest BCUT2D eigenvalue weighted by atomic mass is 10.3. The Balaban J connectivity index is 2.09. The van der Waals surface area contributed by atoms with Crippen molar-refractivity contribution in [2.45, 2.75) is 17.7 Å². The van der Waals surface area contributed by atoms with Crippen molar-refractivity contribution in [2.75, 3.05) is 13.2 Å². The van der Waals surface area contributed by atoms with E-state index >= 15 is 0 Å². The molecular weight excluding hydrogens is 306 g/mol. The molecule has 1 fully saturated rings. The molecule has 1 aliphatic carbocycles. The zero-order chi connectivity index (χ0) is 15.6. The first kappa shape index (κ1) is 15.6. The van der Waals surface area contributed by atoms with Gasteiger partial charge in [-0.25, -0.2) is 22.3 Å². The summed E-state index contributed by atoms with van der Waals surface area (Å²) in [6, 6.07) is 0.988. The Morgan fingerprint density at radius 3 is 2.62 bits per heavy atom. The number of ether oxygens (including phenoxy) is 1. The molecule has 1 saturated carbocycles. The molecule has 0 bridgehead atoms. The van der Waals surface area contributed by atoms with E-state index in [0.717, 1.165) is 12.8 Å². The van der Waals surface area contributed by atoms with E-state index < -0.39 is 44.8 Å². The summed E-state index contributed by atoms with van der Waals surface area (Å²) >= 11 is 0. The van der Waals surface area contributed by atoms with Crippen LogP contribution in [0.2, 0.25) is 0 Å². The fourth-order valence-electron chi connectivity index (χ4n) is 1.66. The first-order valence-electron chi connectivity index (χ1n) is 6.18. The molecule has 0 unspecified atom stereocenters. The molecule has 0 radical (unpaired) electrons. The van der Waals surface area contributed by atoms with Gasteiger partial charge in [-0.3, -0.25) is 4.79 Å². The molecule has 0 heterocycles. The summed E-state index contributed by atoms with van der Waals surface area (Å²) < 4.78 is 54.1. The monoisotopic (exact) mass is 320 g/mol. The lowest BCUT2D eigenvalue weighted by Crippen LogP contribution is -2.31. The Bertz CT molecular complexity index is 659. The highest BCUT2D eigenvalue weighted by molar-refractivity contribution is 7.89. The lowest BCUT2D eigenvalue weighted by molar-refractivity contribution is -0.123. The highest BCUT2D eigenvalue weighted by Crippen LogP contribution is 2.28. The van der Waals surface area contributed by atoms with Crippen molar-refractivity contribution >= 4 is 15.9 Å². The summed E-state index contributed by atoms with van der Waals surface area (Å²) in [5.74, 6) is -3.18. The van der Waals surface area contributed by atoms with Gasteiger partial charge in [0.25, 0.3) is 5.91 Å². The van der Waals surface area contributed by atoms with E-state index in [1.807, 2.05) is 0 Å². The number of amides is 1. The summed E-state index contributed by atoms with van der Waals surface area (Å²) in [4.78, 5) is 10.6. The third kappa shape index (κ3) is 4.36. The molecule has 2 rings (SSSR count). The minimum Gasteiger partial charge on any atom is -0.479 e. The van der Waals surface area contributed by atoms with Crippen molar-refractivity contribution < 1.29 is 26.7 Å². The molecule has 0 saturated heterocycles. The van der Waals surface area contributed by atoms with Gasteiger partial charge in [0.2, 0.25) is 10.0 Å². The topological polar surface area (TPSA) is 98.5 Å². The predicted octanol–water partition coefficient (Wildman–Crippen LogP) is 0.517. The number of rotatable bonds is 6. The highest BCUT2D eigenvalue weighted by atomic mass is 32.2. The summed E-state index contributed by atoms with van der Waals surface area (Å²) in [5.41, 5.74) is 0. The Hall–Kier alpha value is -1.74. The fourth-order valence-corrected chi connectivity index (χ4v) is 2.35. The van der Waals surface area contributed by atoms with Gasteiger partial charge in [-0.05, 0) is 24.8 Å². The van der Waals surface area contributed by atoms with Gasteiger partial charge in [-0.15, -0.1) is 0 Å². The molecule has 1 aromatic rings. The van der Waals surface area contributed by atoms with E-state index in [4.69, 9.17) is 9.88 Å². The molecule has 1 aliphatic rings. The van der Waals surface area contributed by atoms with Crippen molar-refractivity contribution in [2.24, 2.45) is 11.1 Å². The second-order valence-electron chi connectivity index (χ2n) is 4.80. The summed E-state index contributed by atoms with van der Waals surface area (Å²) in [6.45, 7) is -0.0894. The van der Waals surface area contributed by atoms with E-state index in [9.17, 15) is 22.0 Å². The van der Waals surface area contributed by atoms with Crippen molar-refractivity contribution in [3.05, 3.63) is 23.8 Å². The second kappa shape index (κ2) is 5.94. The van der Waals surface area contributed by atoms with Crippen LogP contribution in [0, 0.1) is 17.6 Å². The predicted molar refractivity (Wildman–Crippen MR) is 69.0 cm³/mol. The molecule has 0 spiro atoms. The number of hydrogen-bond donors (Lipinski definition) is 2. The van der Waals surface area contributed by atoms with Crippen molar-refractivity contribution in [3.8, 4) is 5.75 Å². The Morgan fingerprint density at radius 2 is 2.05 bits per heavy atom. The van der Waals surface area contributed by atoms with Gasteiger partial charge in [-0.1, -0.05) is 0 Å². The third-order valence-electron chi connectivity index (χ3n) is 2.91. The maximum Gasteiger partial charge on any atom is 0.257 e.